The fraction of sp³-hybridized carbons (Fsp3) is 0.143. The second-order valence-corrected chi connectivity index (χ2v) is 5.44. The van der Waals surface area contributed by atoms with Crippen LogP contribution in [0.1, 0.15) is 0 Å². The zero-order valence-corrected chi connectivity index (χ0v) is 11.1. The third kappa shape index (κ3) is 1.79. The molecule has 0 unspecified atom stereocenters. The van der Waals surface area contributed by atoms with E-state index in [0.717, 1.165) is 18.9 Å². The van der Waals surface area contributed by atoms with Gasteiger partial charge >= 0.3 is 0 Å². The van der Waals surface area contributed by atoms with Gasteiger partial charge in [-0.25, -0.2) is 9.97 Å². The molecule has 2 nitrogen and oxygen atoms in total. The topological polar surface area (TPSA) is 25.8 Å². The minimum Gasteiger partial charge on any atom is -0.220 e. The van der Waals surface area contributed by atoms with Gasteiger partial charge in [-0.05, 0) is 28.8 Å². The first-order chi connectivity index (χ1) is 6.22. The van der Waals surface area contributed by atoms with Gasteiger partial charge in [0.25, 0.3) is 0 Å². The van der Waals surface area contributed by atoms with Crippen LogP contribution >= 0.6 is 57.3 Å². The van der Waals surface area contributed by atoms with E-state index in [1.54, 1.807) is 11.3 Å². The number of nitrogens with zero attached hydrogens (tertiary/aromatic N) is 2. The summed E-state index contributed by atoms with van der Waals surface area (Å²) in [5, 5.41) is 3.33. The van der Waals surface area contributed by atoms with Crippen molar-refractivity contribution in [3.8, 4) is 0 Å². The van der Waals surface area contributed by atoms with Crippen LogP contribution in [-0.4, -0.2) is 16.2 Å². The smallest absolute Gasteiger partial charge is 0.189 e. The Morgan fingerprint density at radius 1 is 1.54 bits per heavy atom. The predicted octanol–water partition coefficient (Wildman–Crippen LogP) is 3.67. The van der Waals surface area contributed by atoms with E-state index >= 15 is 0 Å². The molecule has 0 aliphatic heterocycles. The van der Waals surface area contributed by atoms with Crippen molar-refractivity contribution in [2.24, 2.45) is 0 Å². The molecule has 0 bridgehead atoms. The molecule has 2 rings (SSSR count). The summed E-state index contributed by atoms with van der Waals surface area (Å²) < 4.78 is 2.11. The highest BCUT2D eigenvalue weighted by Gasteiger charge is 2.09. The first-order valence-corrected chi connectivity index (χ1v) is 6.92. The molecular weight excluding hydrogens is 339 g/mol. The van der Waals surface area contributed by atoms with Crippen molar-refractivity contribution in [3.63, 3.8) is 0 Å². The van der Waals surface area contributed by atoms with E-state index in [0.29, 0.717) is 5.15 Å². The van der Waals surface area contributed by atoms with Crippen molar-refractivity contribution in [1.29, 1.82) is 0 Å². The Bertz CT molecular complexity index is 457. The van der Waals surface area contributed by atoms with E-state index in [9.17, 15) is 0 Å². The van der Waals surface area contributed by atoms with Gasteiger partial charge in [-0.1, -0.05) is 23.4 Å². The first-order valence-electron chi connectivity index (χ1n) is 3.36. The molecule has 2 heterocycles. The average Bonchev–Trinajstić information content (AvgIpc) is 2.48. The number of hydrogen-bond acceptors (Lipinski definition) is 4. The molecule has 6 heteroatoms. The van der Waals surface area contributed by atoms with Crippen LogP contribution in [0.25, 0.3) is 10.2 Å². The Balaban J connectivity index is 2.80. The van der Waals surface area contributed by atoms with Crippen LogP contribution in [-0.2, 0) is 0 Å². The molecule has 0 aliphatic rings. The van der Waals surface area contributed by atoms with Gasteiger partial charge in [0.1, 0.15) is 5.52 Å². The largest absolute Gasteiger partial charge is 0.220 e. The highest BCUT2D eigenvalue weighted by atomic mass is 127. The van der Waals surface area contributed by atoms with Gasteiger partial charge < -0.3 is 0 Å². The van der Waals surface area contributed by atoms with Gasteiger partial charge in [-0.3, -0.25) is 0 Å². The van der Waals surface area contributed by atoms with Crippen molar-refractivity contribution >= 4 is 67.5 Å². The van der Waals surface area contributed by atoms with E-state index in [1.807, 2.05) is 11.6 Å². The summed E-state index contributed by atoms with van der Waals surface area (Å²) >= 11 is 11.3. The van der Waals surface area contributed by atoms with E-state index in [1.165, 1.54) is 11.8 Å². The van der Waals surface area contributed by atoms with Crippen molar-refractivity contribution in [1.82, 2.24) is 9.97 Å². The van der Waals surface area contributed by atoms with Gasteiger partial charge in [0.05, 0.1) is 8.27 Å². The van der Waals surface area contributed by atoms with Crippen molar-refractivity contribution < 1.29 is 0 Å². The molecule has 0 saturated carbocycles. The van der Waals surface area contributed by atoms with Crippen LogP contribution in [0.2, 0.25) is 5.15 Å². The van der Waals surface area contributed by atoms with Gasteiger partial charge in [0.15, 0.2) is 10.3 Å². The standard InChI is InChI=1S/C7H4ClIN2S2/c1-12-7-10-4-3(9)2-13-5(4)6(8)11-7/h2H,1H3. The molecule has 0 spiro atoms. The number of aromatic nitrogens is 2. The summed E-state index contributed by atoms with van der Waals surface area (Å²) in [6, 6.07) is 0. The van der Waals surface area contributed by atoms with Crippen LogP contribution in [0.4, 0.5) is 0 Å². The number of hydrogen-bond donors (Lipinski definition) is 0. The van der Waals surface area contributed by atoms with E-state index in [-0.39, 0.29) is 0 Å². The van der Waals surface area contributed by atoms with Crippen LogP contribution < -0.4 is 0 Å². The summed E-state index contributed by atoms with van der Waals surface area (Å²) in [6.45, 7) is 0. The summed E-state index contributed by atoms with van der Waals surface area (Å²) in [4.78, 5) is 8.54. The quantitative estimate of drug-likeness (QED) is 0.342. The summed E-state index contributed by atoms with van der Waals surface area (Å²) in [5.41, 5.74) is 0.968. The monoisotopic (exact) mass is 342 g/mol. The third-order valence-corrected chi connectivity index (χ3v) is 4.65. The number of fused-ring (bicyclic) bond motifs is 1. The van der Waals surface area contributed by atoms with Crippen molar-refractivity contribution in [2.45, 2.75) is 5.16 Å². The molecule has 2 aromatic heterocycles. The maximum absolute atomic E-state index is 6.00. The highest BCUT2D eigenvalue weighted by Crippen LogP contribution is 2.31. The fourth-order valence-corrected chi connectivity index (χ4v) is 3.34. The predicted molar refractivity (Wildman–Crippen MR) is 66.9 cm³/mol. The fourth-order valence-electron chi connectivity index (χ4n) is 0.928. The van der Waals surface area contributed by atoms with Crippen molar-refractivity contribution in [3.05, 3.63) is 14.1 Å². The molecule has 0 atom stereocenters. The molecule has 0 saturated heterocycles. The number of rotatable bonds is 1. The van der Waals surface area contributed by atoms with Gasteiger partial charge in [-0.2, -0.15) is 0 Å². The molecule has 0 aliphatic carbocycles. The Labute approximate surface area is 102 Å². The van der Waals surface area contributed by atoms with Crippen LogP contribution in [0.3, 0.4) is 0 Å². The second kappa shape index (κ2) is 3.88. The van der Waals surface area contributed by atoms with Gasteiger partial charge in [-0.15, -0.1) is 11.3 Å². The second-order valence-electron chi connectivity index (χ2n) is 2.26. The molecule has 0 fully saturated rings. The van der Waals surface area contributed by atoms with E-state index in [4.69, 9.17) is 11.6 Å². The Morgan fingerprint density at radius 2 is 2.31 bits per heavy atom. The maximum Gasteiger partial charge on any atom is 0.189 e. The molecular formula is C7H4ClIN2S2. The summed E-state index contributed by atoms with van der Waals surface area (Å²) in [6.07, 6.45) is 1.94. The Morgan fingerprint density at radius 3 is 3.00 bits per heavy atom. The molecule has 13 heavy (non-hydrogen) atoms. The molecule has 0 aromatic carbocycles. The molecule has 0 radical (unpaired) electrons. The molecule has 0 N–H and O–H groups in total. The minimum absolute atomic E-state index is 0.558. The van der Waals surface area contributed by atoms with Gasteiger partial charge in [0, 0.05) is 5.38 Å². The summed E-state index contributed by atoms with van der Waals surface area (Å²) in [5.74, 6) is 0. The number of thiophene rings is 1. The first kappa shape index (κ1) is 9.95. The molecule has 2 aromatic rings. The zero-order chi connectivity index (χ0) is 9.42. The lowest BCUT2D eigenvalue weighted by Crippen LogP contribution is -1.86. The highest BCUT2D eigenvalue weighted by molar-refractivity contribution is 14.1. The lowest BCUT2D eigenvalue weighted by atomic mass is 10.5. The summed E-state index contributed by atoms with van der Waals surface area (Å²) in [7, 11) is 0. The molecule has 0 amide bonds. The Kier molecular flexibility index (Phi) is 2.97. The third-order valence-electron chi connectivity index (χ3n) is 1.49. The SMILES string of the molecule is CSc1nc(Cl)c2scc(I)c2n1. The van der Waals surface area contributed by atoms with E-state index in [2.05, 4.69) is 32.6 Å². The Hall–Kier alpha value is 0.410. The normalized spacial score (nSPS) is 11.0. The number of halogens is 2. The number of thioether (sulfide) groups is 1. The van der Waals surface area contributed by atoms with E-state index < -0.39 is 0 Å². The van der Waals surface area contributed by atoms with Crippen molar-refractivity contribution in [2.75, 3.05) is 6.26 Å². The lowest BCUT2D eigenvalue weighted by molar-refractivity contribution is 1.01. The molecule has 68 valence electrons. The maximum atomic E-state index is 6.00. The minimum atomic E-state index is 0.558. The zero-order valence-electron chi connectivity index (χ0n) is 6.54. The lowest BCUT2D eigenvalue weighted by Gasteiger charge is -1.97. The van der Waals surface area contributed by atoms with Crippen LogP contribution in [0.15, 0.2) is 10.5 Å². The van der Waals surface area contributed by atoms with Crippen LogP contribution in [0, 0.1) is 3.57 Å². The van der Waals surface area contributed by atoms with Crippen LogP contribution in [0.5, 0.6) is 0 Å². The average molecular weight is 343 g/mol. The van der Waals surface area contributed by atoms with Gasteiger partial charge in [0.2, 0.25) is 0 Å².